The van der Waals surface area contributed by atoms with E-state index in [0.717, 1.165) is 56.5 Å². The smallest absolute Gasteiger partial charge is 0.274 e. The average Bonchev–Trinajstić information content (AvgIpc) is 2.80. The van der Waals surface area contributed by atoms with Crippen molar-refractivity contribution in [2.24, 2.45) is 5.92 Å². The summed E-state index contributed by atoms with van der Waals surface area (Å²) in [5.41, 5.74) is 1.10. The minimum atomic E-state index is -0.305. The Morgan fingerprint density at radius 2 is 1.82 bits per heavy atom. The molecule has 6 nitrogen and oxygen atoms in total. The minimum Gasteiger partial charge on any atom is -0.361 e. The minimum absolute atomic E-state index is 0.114. The zero-order valence-electron chi connectivity index (χ0n) is 18.2. The van der Waals surface area contributed by atoms with Crippen molar-refractivity contribution >= 4 is 5.91 Å². The third-order valence-corrected chi connectivity index (χ3v) is 6.09. The van der Waals surface area contributed by atoms with Crippen LogP contribution in [0.3, 0.4) is 0 Å². The highest BCUT2D eigenvalue weighted by Gasteiger charge is 2.30. The van der Waals surface area contributed by atoms with Crippen LogP contribution in [-0.2, 0) is 6.54 Å². The molecule has 2 aliphatic heterocycles. The van der Waals surface area contributed by atoms with Crippen LogP contribution < -0.4 is 5.32 Å². The Kier molecular flexibility index (Phi) is 7.15. The Bertz CT molecular complexity index is 647. The number of nitrogens with one attached hydrogen (secondary N) is 1. The van der Waals surface area contributed by atoms with E-state index in [9.17, 15) is 4.79 Å². The van der Waals surface area contributed by atoms with E-state index in [1.165, 1.54) is 38.5 Å². The molecule has 0 saturated carbocycles. The first kappa shape index (κ1) is 21.3. The highest BCUT2D eigenvalue weighted by atomic mass is 16.5. The Morgan fingerprint density at radius 1 is 1.14 bits per heavy atom. The van der Waals surface area contributed by atoms with Gasteiger partial charge in [-0.2, -0.15) is 0 Å². The molecule has 3 heterocycles. The van der Waals surface area contributed by atoms with E-state index in [1.807, 2.05) is 6.92 Å². The highest BCUT2D eigenvalue weighted by molar-refractivity contribution is 5.94. The van der Waals surface area contributed by atoms with E-state index in [-0.39, 0.29) is 11.4 Å². The molecule has 1 atom stereocenters. The lowest BCUT2D eigenvalue weighted by molar-refractivity contribution is 0.0852. The molecule has 0 spiro atoms. The van der Waals surface area contributed by atoms with Crippen molar-refractivity contribution in [2.45, 2.75) is 78.3 Å². The van der Waals surface area contributed by atoms with Gasteiger partial charge in [0, 0.05) is 30.7 Å². The van der Waals surface area contributed by atoms with Gasteiger partial charge < -0.3 is 14.7 Å². The maximum Gasteiger partial charge on any atom is 0.274 e. The fraction of sp³-hybridized carbons (Fsp3) is 0.818. The number of aryl methyl sites for hydroxylation is 1. The highest BCUT2D eigenvalue weighted by Crippen LogP contribution is 2.21. The van der Waals surface area contributed by atoms with Gasteiger partial charge in [-0.1, -0.05) is 24.9 Å². The lowest BCUT2D eigenvalue weighted by Gasteiger charge is -2.37. The maximum absolute atomic E-state index is 13.0. The van der Waals surface area contributed by atoms with Crippen LogP contribution in [0.15, 0.2) is 4.52 Å². The van der Waals surface area contributed by atoms with Crippen molar-refractivity contribution in [3.05, 3.63) is 17.0 Å². The molecular weight excluding hydrogens is 352 g/mol. The van der Waals surface area contributed by atoms with Gasteiger partial charge in [-0.15, -0.1) is 0 Å². The molecule has 6 heteroatoms. The molecule has 28 heavy (non-hydrogen) atoms. The number of aromatic nitrogens is 1. The second kappa shape index (κ2) is 9.40. The van der Waals surface area contributed by atoms with E-state index in [4.69, 9.17) is 4.52 Å². The number of hydrogen-bond donors (Lipinski definition) is 1. The van der Waals surface area contributed by atoms with Crippen molar-refractivity contribution in [1.82, 2.24) is 20.3 Å². The maximum atomic E-state index is 13.0. The van der Waals surface area contributed by atoms with Crippen LogP contribution in [0, 0.1) is 12.8 Å². The van der Waals surface area contributed by atoms with Crippen molar-refractivity contribution in [1.29, 1.82) is 0 Å². The van der Waals surface area contributed by atoms with Gasteiger partial charge in [-0.3, -0.25) is 9.69 Å². The van der Waals surface area contributed by atoms with Crippen molar-refractivity contribution in [2.75, 3.05) is 32.7 Å². The molecule has 1 aromatic rings. The summed E-state index contributed by atoms with van der Waals surface area (Å²) >= 11 is 0. The van der Waals surface area contributed by atoms with Gasteiger partial charge >= 0.3 is 0 Å². The molecule has 1 aromatic heterocycles. The largest absolute Gasteiger partial charge is 0.361 e. The molecule has 3 rings (SSSR count). The fourth-order valence-corrected chi connectivity index (χ4v) is 4.67. The molecular formula is C22H38N4O2. The summed E-state index contributed by atoms with van der Waals surface area (Å²) in [6.45, 7) is 14.5. The van der Waals surface area contributed by atoms with Gasteiger partial charge in [0.05, 0.1) is 0 Å². The number of amides is 1. The monoisotopic (exact) mass is 390 g/mol. The van der Waals surface area contributed by atoms with Gasteiger partial charge in [-0.25, -0.2) is 0 Å². The number of nitrogens with zero attached hydrogens (tertiary/aromatic N) is 3. The number of carbonyl (C=O) groups is 1. The van der Waals surface area contributed by atoms with E-state index < -0.39 is 0 Å². The molecule has 2 aliphatic rings. The first-order chi connectivity index (χ1) is 13.3. The zero-order chi connectivity index (χ0) is 20.1. The first-order valence-electron chi connectivity index (χ1n) is 11.1. The van der Waals surface area contributed by atoms with Crippen molar-refractivity contribution < 1.29 is 9.32 Å². The fourth-order valence-electron chi connectivity index (χ4n) is 4.67. The second-order valence-electron chi connectivity index (χ2n) is 9.58. The van der Waals surface area contributed by atoms with Crippen LogP contribution in [0.1, 0.15) is 81.1 Å². The van der Waals surface area contributed by atoms with Gasteiger partial charge in [0.15, 0.2) is 5.69 Å². The molecule has 0 unspecified atom stereocenters. The predicted octanol–water partition coefficient (Wildman–Crippen LogP) is 3.60. The summed E-state index contributed by atoms with van der Waals surface area (Å²) in [5.74, 6) is 1.38. The number of rotatable bonds is 6. The van der Waals surface area contributed by atoms with Gasteiger partial charge in [0.2, 0.25) is 0 Å². The molecule has 0 aromatic carbocycles. The molecule has 1 amide bonds. The molecule has 0 aliphatic carbocycles. The quantitative estimate of drug-likeness (QED) is 0.804. The summed E-state index contributed by atoms with van der Waals surface area (Å²) in [6.07, 6.45) is 7.61. The van der Waals surface area contributed by atoms with Crippen LogP contribution in [-0.4, -0.2) is 59.1 Å². The first-order valence-corrected chi connectivity index (χ1v) is 11.1. The summed E-state index contributed by atoms with van der Waals surface area (Å²) in [7, 11) is 0. The average molecular weight is 391 g/mol. The Morgan fingerprint density at radius 3 is 2.50 bits per heavy atom. The van der Waals surface area contributed by atoms with E-state index in [1.54, 1.807) is 0 Å². The lowest BCUT2D eigenvalue weighted by atomic mass is 9.97. The Labute approximate surface area is 170 Å². The topological polar surface area (TPSA) is 61.6 Å². The van der Waals surface area contributed by atoms with Crippen molar-refractivity contribution in [3.8, 4) is 0 Å². The summed E-state index contributed by atoms with van der Waals surface area (Å²) < 4.78 is 5.42. The van der Waals surface area contributed by atoms with Crippen LogP contribution in [0.4, 0.5) is 0 Å². The standard InChI is InChI=1S/C22H38N4O2/c1-17-10-9-13-26(14-17)16-22(3,4)23-21(27)20-19(18(2)28-24-20)15-25-11-7-5-6-8-12-25/h17H,5-16H2,1-4H3,(H,23,27)/t17-/m0/s1. The lowest BCUT2D eigenvalue weighted by Crippen LogP contribution is -2.53. The number of piperidine rings is 1. The number of likely N-dealkylation sites (tertiary alicyclic amines) is 2. The summed E-state index contributed by atoms with van der Waals surface area (Å²) in [4.78, 5) is 17.9. The molecule has 2 fully saturated rings. The van der Waals surface area contributed by atoms with E-state index >= 15 is 0 Å². The SMILES string of the molecule is Cc1onc(C(=O)NC(C)(C)CN2CCC[C@H](C)C2)c1CN1CCCCCC1. The molecule has 0 radical (unpaired) electrons. The van der Waals surface area contributed by atoms with Crippen LogP contribution in [0.25, 0.3) is 0 Å². The van der Waals surface area contributed by atoms with Crippen LogP contribution in [0.2, 0.25) is 0 Å². The van der Waals surface area contributed by atoms with Gasteiger partial charge in [0.25, 0.3) is 5.91 Å². The predicted molar refractivity (Wildman–Crippen MR) is 111 cm³/mol. The number of hydrogen-bond acceptors (Lipinski definition) is 5. The Balaban J connectivity index is 1.63. The third-order valence-electron chi connectivity index (χ3n) is 6.09. The van der Waals surface area contributed by atoms with Crippen LogP contribution in [0.5, 0.6) is 0 Å². The second-order valence-corrected chi connectivity index (χ2v) is 9.58. The summed E-state index contributed by atoms with van der Waals surface area (Å²) in [5, 5.41) is 7.34. The molecule has 2 saturated heterocycles. The van der Waals surface area contributed by atoms with Crippen molar-refractivity contribution in [3.63, 3.8) is 0 Å². The third kappa shape index (κ3) is 5.80. The Hall–Kier alpha value is -1.40. The molecule has 158 valence electrons. The summed E-state index contributed by atoms with van der Waals surface area (Å²) in [6, 6.07) is 0. The van der Waals surface area contributed by atoms with E-state index in [0.29, 0.717) is 5.69 Å². The van der Waals surface area contributed by atoms with Gasteiger partial charge in [0.1, 0.15) is 5.76 Å². The zero-order valence-corrected chi connectivity index (χ0v) is 18.2. The van der Waals surface area contributed by atoms with E-state index in [2.05, 4.69) is 41.0 Å². The number of carbonyl (C=O) groups excluding carboxylic acids is 1. The van der Waals surface area contributed by atoms with Gasteiger partial charge in [-0.05, 0) is 72.0 Å². The normalized spacial score (nSPS) is 22.8. The molecule has 0 bridgehead atoms. The van der Waals surface area contributed by atoms with Crippen LogP contribution >= 0.6 is 0 Å². The molecule has 1 N–H and O–H groups in total.